The maximum Gasteiger partial charge on any atom is 0.126 e. The average molecular weight is 252 g/mol. The van der Waals surface area contributed by atoms with Crippen LogP contribution in [0.3, 0.4) is 0 Å². The molecule has 1 atom stereocenters. The van der Waals surface area contributed by atoms with Crippen molar-refractivity contribution >= 4 is 0 Å². The topological polar surface area (TPSA) is 29.3 Å². The van der Waals surface area contributed by atoms with Crippen LogP contribution in [0.4, 0.5) is 4.39 Å². The molecule has 0 amide bonds. The minimum Gasteiger partial charge on any atom is -0.322 e. The molecule has 18 heavy (non-hydrogen) atoms. The van der Waals surface area contributed by atoms with Gasteiger partial charge in [-0.1, -0.05) is 26.0 Å². The second kappa shape index (κ2) is 5.81. The number of rotatable bonds is 5. The van der Waals surface area contributed by atoms with Crippen LogP contribution in [0.25, 0.3) is 0 Å². The predicted octanol–water partition coefficient (Wildman–Crippen LogP) is 3.25. The van der Waals surface area contributed by atoms with Gasteiger partial charge in [0.25, 0.3) is 0 Å². The Kier molecular flexibility index (Phi) is 4.88. The lowest BCUT2D eigenvalue weighted by Crippen LogP contribution is -2.51. The fraction of sp³-hybridized carbons (Fsp3) is 0.600. The van der Waals surface area contributed by atoms with Crippen molar-refractivity contribution < 1.29 is 4.39 Å². The maximum atomic E-state index is 13.3. The summed E-state index contributed by atoms with van der Waals surface area (Å²) in [5.74, 6) is -0.174. The second-order valence-electron chi connectivity index (χ2n) is 5.31. The Labute approximate surface area is 110 Å². The van der Waals surface area contributed by atoms with E-state index in [1.165, 1.54) is 6.07 Å². The van der Waals surface area contributed by atoms with Crippen molar-refractivity contribution in [1.82, 2.24) is 4.90 Å². The molecular formula is C15H25FN2. The van der Waals surface area contributed by atoms with E-state index in [1.807, 2.05) is 6.07 Å². The van der Waals surface area contributed by atoms with Gasteiger partial charge < -0.3 is 5.73 Å². The summed E-state index contributed by atoms with van der Waals surface area (Å²) in [6, 6.07) is 5.02. The number of benzene rings is 1. The van der Waals surface area contributed by atoms with Crippen LogP contribution in [0.2, 0.25) is 0 Å². The third-order valence-corrected chi connectivity index (χ3v) is 3.88. The summed E-state index contributed by atoms with van der Waals surface area (Å²) in [5.41, 5.74) is 7.88. The number of aryl methyl sites for hydroxylation is 1. The van der Waals surface area contributed by atoms with Crippen LogP contribution in [0.1, 0.15) is 44.9 Å². The zero-order valence-corrected chi connectivity index (χ0v) is 12.1. The summed E-state index contributed by atoms with van der Waals surface area (Å²) in [6.45, 7) is 12.2. The molecule has 1 aromatic carbocycles. The van der Waals surface area contributed by atoms with E-state index in [9.17, 15) is 4.39 Å². The highest BCUT2D eigenvalue weighted by molar-refractivity contribution is 5.28. The first-order valence-electron chi connectivity index (χ1n) is 6.61. The normalized spacial score (nSPS) is 14.0. The van der Waals surface area contributed by atoms with Crippen molar-refractivity contribution in [3.8, 4) is 0 Å². The average Bonchev–Trinajstić information content (AvgIpc) is 2.33. The highest BCUT2D eigenvalue weighted by atomic mass is 19.1. The summed E-state index contributed by atoms with van der Waals surface area (Å²) < 4.78 is 13.3. The third-order valence-electron chi connectivity index (χ3n) is 3.88. The molecule has 0 radical (unpaired) electrons. The first-order chi connectivity index (χ1) is 8.34. The Morgan fingerprint density at radius 3 is 2.28 bits per heavy atom. The number of hydrogen-bond donors (Lipinski definition) is 1. The molecule has 0 heterocycles. The predicted molar refractivity (Wildman–Crippen MR) is 75.1 cm³/mol. The molecule has 0 spiro atoms. The molecule has 1 unspecified atom stereocenters. The number of nitrogens with two attached hydrogens (primary N) is 1. The standard InChI is InChI=1S/C15H25FN2/c1-6-18(7-2)15(4,5)14(17)12-8-9-13(16)11(3)10-12/h8-10,14H,6-7,17H2,1-5H3. The molecule has 0 bridgehead atoms. The van der Waals surface area contributed by atoms with E-state index in [1.54, 1.807) is 13.0 Å². The second-order valence-corrected chi connectivity index (χ2v) is 5.31. The Balaban J connectivity index is 3.04. The van der Waals surface area contributed by atoms with E-state index in [4.69, 9.17) is 5.73 Å². The molecule has 0 saturated carbocycles. The summed E-state index contributed by atoms with van der Waals surface area (Å²) in [4.78, 5) is 2.33. The van der Waals surface area contributed by atoms with E-state index in [-0.39, 0.29) is 17.4 Å². The van der Waals surface area contributed by atoms with Crippen LogP contribution >= 0.6 is 0 Å². The molecule has 0 saturated heterocycles. The van der Waals surface area contributed by atoms with Crippen LogP contribution < -0.4 is 5.73 Å². The Morgan fingerprint density at radius 2 is 1.83 bits per heavy atom. The summed E-state index contributed by atoms with van der Waals surface area (Å²) in [5, 5.41) is 0. The number of nitrogens with zero attached hydrogens (tertiary/aromatic N) is 1. The Bertz CT molecular complexity index is 397. The maximum absolute atomic E-state index is 13.3. The van der Waals surface area contributed by atoms with E-state index >= 15 is 0 Å². The molecular weight excluding hydrogens is 227 g/mol. The van der Waals surface area contributed by atoms with Crippen molar-refractivity contribution in [3.05, 3.63) is 35.1 Å². The van der Waals surface area contributed by atoms with Gasteiger partial charge in [0.15, 0.2) is 0 Å². The number of hydrogen-bond acceptors (Lipinski definition) is 2. The zero-order valence-electron chi connectivity index (χ0n) is 12.1. The highest BCUT2D eigenvalue weighted by Gasteiger charge is 2.32. The van der Waals surface area contributed by atoms with Gasteiger partial charge in [0, 0.05) is 11.6 Å². The quantitative estimate of drug-likeness (QED) is 0.871. The van der Waals surface area contributed by atoms with Gasteiger partial charge in [-0.15, -0.1) is 0 Å². The van der Waals surface area contributed by atoms with Crippen LogP contribution in [0.15, 0.2) is 18.2 Å². The zero-order chi connectivity index (χ0) is 13.9. The molecule has 0 aliphatic heterocycles. The molecule has 0 fully saturated rings. The van der Waals surface area contributed by atoms with Crippen molar-refractivity contribution in [2.45, 2.75) is 46.2 Å². The fourth-order valence-electron chi connectivity index (χ4n) is 2.50. The van der Waals surface area contributed by atoms with E-state index < -0.39 is 0 Å². The molecule has 0 aromatic heterocycles. The summed E-state index contributed by atoms with van der Waals surface area (Å²) in [7, 11) is 0. The SMILES string of the molecule is CCN(CC)C(C)(C)C(N)c1ccc(F)c(C)c1. The molecule has 102 valence electrons. The minimum atomic E-state index is -0.174. The lowest BCUT2D eigenvalue weighted by Gasteiger charge is -2.42. The molecule has 2 nitrogen and oxygen atoms in total. The van der Waals surface area contributed by atoms with Crippen molar-refractivity contribution in [2.24, 2.45) is 5.73 Å². The first-order valence-corrected chi connectivity index (χ1v) is 6.61. The van der Waals surface area contributed by atoms with Gasteiger partial charge >= 0.3 is 0 Å². The number of halogens is 1. The molecule has 2 N–H and O–H groups in total. The summed E-state index contributed by atoms with van der Waals surface area (Å²) in [6.07, 6.45) is 0. The van der Waals surface area contributed by atoms with E-state index in [0.29, 0.717) is 5.56 Å². The van der Waals surface area contributed by atoms with Crippen LogP contribution in [-0.2, 0) is 0 Å². The molecule has 1 aromatic rings. The van der Waals surface area contributed by atoms with Gasteiger partial charge in [-0.2, -0.15) is 0 Å². The smallest absolute Gasteiger partial charge is 0.126 e. The van der Waals surface area contributed by atoms with Gasteiger partial charge in [0.05, 0.1) is 0 Å². The molecule has 1 rings (SSSR count). The van der Waals surface area contributed by atoms with Crippen LogP contribution in [-0.4, -0.2) is 23.5 Å². The van der Waals surface area contributed by atoms with Gasteiger partial charge in [0.2, 0.25) is 0 Å². The highest BCUT2D eigenvalue weighted by Crippen LogP contribution is 2.29. The lowest BCUT2D eigenvalue weighted by molar-refractivity contribution is 0.107. The molecule has 0 aliphatic carbocycles. The van der Waals surface area contributed by atoms with E-state index in [2.05, 4.69) is 32.6 Å². The number of likely N-dealkylation sites (N-methyl/N-ethyl adjacent to an activating group) is 1. The van der Waals surface area contributed by atoms with Crippen molar-refractivity contribution in [3.63, 3.8) is 0 Å². The lowest BCUT2D eigenvalue weighted by atomic mass is 9.87. The Hall–Kier alpha value is -0.930. The van der Waals surface area contributed by atoms with Crippen LogP contribution in [0.5, 0.6) is 0 Å². The van der Waals surface area contributed by atoms with Gasteiger partial charge in [-0.25, -0.2) is 4.39 Å². The largest absolute Gasteiger partial charge is 0.322 e. The first kappa shape index (κ1) is 15.1. The molecule has 0 aliphatic rings. The van der Waals surface area contributed by atoms with Crippen molar-refractivity contribution in [1.29, 1.82) is 0 Å². The molecule has 3 heteroatoms. The van der Waals surface area contributed by atoms with Crippen molar-refractivity contribution in [2.75, 3.05) is 13.1 Å². The van der Waals surface area contributed by atoms with Gasteiger partial charge in [-0.3, -0.25) is 4.90 Å². The Morgan fingerprint density at radius 1 is 1.28 bits per heavy atom. The monoisotopic (exact) mass is 252 g/mol. The van der Waals surface area contributed by atoms with Gasteiger partial charge in [-0.05, 0) is 51.1 Å². The van der Waals surface area contributed by atoms with E-state index in [0.717, 1.165) is 18.7 Å². The summed E-state index contributed by atoms with van der Waals surface area (Å²) >= 11 is 0. The minimum absolute atomic E-state index is 0.128. The van der Waals surface area contributed by atoms with Gasteiger partial charge in [0.1, 0.15) is 5.82 Å². The fourth-order valence-corrected chi connectivity index (χ4v) is 2.50. The van der Waals surface area contributed by atoms with Crippen LogP contribution in [0, 0.1) is 12.7 Å². The third kappa shape index (κ3) is 2.90.